The number of benzene rings is 1. The first kappa shape index (κ1) is 18.9. The van der Waals surface area contributed by atoms with Gasteiger partial charge in [0.05, 0.1) is 16.9 Å². The van der Waals surface area contributed by atoms with Crippen LogP contribution in [-0.2, 0) is 19.6 Å². The second-order valence-corrected chi connectivity index (χ2v) is 8.38. The van der Waals surface area contributed by atoms with E-state index in [-0.39, 0.29) is 10.8 Å². The van der Waals surface area contributed by atoms with Crippen molar-refractivity contribution >= 4 is 21.6 Å². The number of piperidine rings is 1. The maximum Gasteiger partial charge on any atom is 0.242 e. The van der Waals surface area contributed by atoms with Crippen LogP contribution in [0.5, 0.6) is 0 Å². The number of hydrogen-bond donors (Lipinski definition) is 2. The average Bonchev–Trinajstić information content (AvgIpc) is 2.56. The van der Waals surface area contributed by atoms with Crippen molar-refractivity contribution < 1.29 is 17.9 Å². The summed E-state index contributed by atoms with van der Waals surface area (Å²) in [6, 6.07) is 6.31. The predicted octanol–water partition coefficient (Wildman–Crippen LogP) is 0.892. The molecule has 1 fully saturated rings. The third-order valence-electron chi connectivity index (χ3n) is 4.33. The molecule has 8 heteroatoms. The Morgan fingerprint density at radius 3 is 2.58 bits per heavy atom. The average molecular weight is 355 g/mol. The topological polar surface area (TPSA) is 87.7 Å². The van der Waals surface area contributed by atoms with Crippen LogP contribution in [0.4, 0.5) is 5.69 Å². The Bertz CT molecular complexity index is 677. The van der Waals surface area contributed by atoms with Crippen LogP contribution in [0.25, 0.3) is 0 Å². The highest BCUT2D eigenvalue weighted by Gasteiger charge is 2.39. The number of sulfonamides is 1. The number of rotatable bonds is 6. The van der Waals surface area contributed by atoms with Crippen LogP contribution in [0.1, 0.15) is 12.8 Å². The molecular weight excluding hydrogens is 330 g/mol. The van der Waals surface area contributed by atoms with Crippen LogP contribution in [0.15, 0.2) is 29.2 Å². The van der Waals surface area contributed by atoms with E-state index in [9.17, 15) is 13.2 Å². The van der Waals surface area contributed by atoms with Gasteiger partial charge in [0, 0.05) is 26.9 Å². The second kappa shape index (κ2) is 7.60. The molecule has 24 heavy (non-hydrogen) atoms. The van der Waals surface area contributed by atoms with E-state index in [4.69, 9.17) is 4.74 Å². The maximum atomic E-state index is 12.8. The third-order valence-corrected chi connectivity index (χ3v) is 6.14. The van der Waals surface area contributed by atoms with Crippen molar-refractivity contribution in [3.63, 3.8) is 0 Å². The smallest absolute Gasteiger partial charge is 0.242 e. The number of amides is 1. The Morgan fingerprint density at radius 2 is 2.00 bits per heavy atom. The van der Waals surface area contributed by atoms with Gasteiger partial charge in [-0.15, -0.1) is 0 Å². The lowest BCUT2D eigenvalue weighted by atomic mass is 9.78. The van der Waals surface area contributed by atoms with Crippen LogP contribution in [-0.4, -0.2) is 59.5 Å². The van der Waals surface area contributed by atoms with Crippen LogP contribution >= 0.6 is 0 Å². The molecule has 0 unspecified atom stereocenters. The van der Waals surface area contributed by atoms with Crippen LogP contribution in [0.3, 0.4) is 0 Å². The van der Waals surface area contributed by atoms with Crippen molar-refractivity contribution in [2.24, 2.45) is 5.41 Å². The zero-order valence-corrected chi connectivity index (χ0v) is 15.1. The summed E-state index contributed by atoms with van der Waals surface area (Å²) in [5.41, 5.74) is -0.117. The van der Waals surface area contributed by atoms with Gasteiger partial charge in [-0.2, -0.15) is 0 Å². The first-order valence-electron chi connectivity index (χ1n) is 7.85. The number of carbonyl (C=O) groups is 1. The van der Waals surface area contributed by atoms with E-state index >= 15 is 0 Å². The van der Waals surface area contributed by atoms with Gasteiger partial charge in [0.15, 0.2) is 0 Å². The normalized spacial score (nSPS) is 17.7. The number of nitrogens with one attached hydrogen (secondary N) is 2. The quantitative estimate of drug-likeness (QED) is 0.791. The molecule has 0 aliphatic carbocycles. The first-order chi connectivity index (χ1) is 11.3. The van der Waals surface area contributed by atoms with Gasteiger partial charge in [-0.3, -0.25) is 4.79 Å². The van der Waals surface area contributed by atoms with Crippen molar-refractivity contribution in [1.82, 2.24) is 9.62 Å². The number of anilines is 1. The second-order valence-electron chi connectivity index (χ2n) is 6.23. The molecule has 1 aromatic carbocycles. The largest absolute Gasteiger partial charge is 0.384 e. The molecule has 1 aromatic rings. The Morgan fingerprint density at radius 1 is 1.33 bits per heavy atom. The lowest BCUT2D eigenvalue weighted by Gasteiger charge is -2.35. The van der Waals surface area contributed by atoms with Crippen LogP contribution < -0.4 is 10.6 Å². The Kier molecular flexibility index (Phi) is 5.97. The van der Waals surface area contributed by atoms with Gasteiger partial charge < -0.3 is 15.4 Å². The monoisotopic (exact) mass is 355 g/mol. The van der Waals surface area contributed by atoms with E-state index < -0.39 is 15.4 Å². The highest BCUT2D eigenvalue weighted by molar-refractivity contribution is 7.89. The Labute approximate surface area is 143 Å². The number of ether oxygens (including phenoxy) is 1. The summed E-state index contributed by atoms with van der Waals surface area (Å²) in [5.74, 6) is -0.134. The summed E-state index contributed by atoms with van der Waals surface area (Å²) < 4.78 is 30.9. The Hall–Kier alpha value is -1.48. The van der Waals surface area contributed by atoms with Crippen molar-refractivity contribution in [3.05, 3.63) is 24.3 Å². The minimum atomic E-state index is -3.54. The molecule has 2 rings (SSSR count). The van der Waals surface area contributed by atoms with E-state index in [1.54, 1.807) is 19.2 Å². The number of hydrogen-bond acceptors (Lipinski definition) is 5. The van der Waals surface area contributed by atoms with Crippen LogP contribution in [0, 0.1) is 5.41 Å². The molecule has 0 bridgehead atoms. The third kappa shape index (κ3) is 3.94. The minimum Gasteiger partial charge on any atom is -0.384 e. The van der Waals surface area contributed by atoms with E-state index in [0.29, 0.717) is 25.1 Å². The standard InChI is InChI=1S/C16H25N3O4S/c1-19(2)24(21,22)14-6-4-5-13(11-14)18-15(20)16(12-23-3)7-9-17-10-8-16/h4-6,11,17H,7-10,12H2,1-3H3,(H,18,20). The molecule has 0 atom stereocenters. The molecule has 1 aliphatic heterocycles. The lowest BCUT2D eigenvalue weighted by Crippen LogP contribution is -2.47. The molecule has 0 radical (unpaired) electrons. The minimum absolute atomic E-state index is 0.134. The number of methoxy groups -OCH3 is 1. The lowest BCUT2D eigenvalue weighted by molar-refractivity contribution is -0.130. The van der Waals surface area contributed by atoms with E-state index in [1.165, 1.54) is 26.2 Å². The SMILES string of the molecule is COCC1(C(=O)Nc2cccc(S(=O)(=O)N(C)C)c2)CCNCC1. The Balaban J connectivity index is 2.22. The summed E-state index contributed by atoms with van der Waals surface area (Å²) in [6.07, 6.45) is 1.37. The molecule has 134 valence electrons. The van der Waals surface area contributed by atoms with Gasteiger partial charge in [-0.1, -0.05) is 6.07 Å². The molecule has 1 amide bonds. The molecule has 1 heterocycles. The molecular formula is C16H25N3O4S. The molecule has 0 spiro atoms. The van der Waals surface area contributed by atoms with Crippen molar-refractivity contribution in [3.8, 4) is 0 Å². The van der Waals surface area contributed by atoms with Gasteiger partial charge in [0.1, 0.15) is 0 Å². The van der Waals surface area contributed by atoms with Gasteiger partial charge in [0.25, 0.3) is 0 Å². The highest BCUT2D eigenvalue weighted by atomic mass is 32.2. The van der Waals surface area contributed by atoms with E-state index in [1.807, 2.05) is 0 Å². The van der Waals surface area contributed by atoms with Crippen molar-refractivity contribution in [1.29, 1.82) is 0 Å². The molecule has 1 saturated heterocycles. The van der Waals surface area contributed by atoms with Crippen LogP contribution in [0.2, 0.25) is 0 Å². The fourth-order valence-corrected chi connectivity index (χ4v) is 3.78. The maximum absolute atomic E-state index is 12.8. The molecule has 0 aromatic heterocycles. The first-order valence-corrected chi connectivity index (χ1v) is 9.29. The van der Waals surface area contributed by atoms with E-state index in [2.05, 4.69) is 10.6 Å². The highest BCUT2D eigenvalue weighted by Crippen LogP contribution is 2.31. The van der Waals surface area contributed by atoms with Gasteiger partial charge in [-0.05, 0) is 44.1 Å². The fourth-order valence-electron chi connectivity index (χ4n) is 2.83. The number of carbonyl (C=O) groups excluding carboxylic acids is 1. The van der Waals surface area contributed by atoms with Gasteiger partial charge in [-0.25, -0.2) is 12.7 Å². The predicted molar refractivity (Wildman–Crippen MR) is 92.4 cm³/mol. The van der Waals surface area contributed by atoms with E-state index in [0.717, 1.165) is 17.4 Å². The molecule has 1 aliphatic rings. The summed E-state index contributed by atoms with van der Waals surface area (Å²) in [5, 5.41) is 6.10. The number of nitrogens with zero attached hydrogens (tertiary/aromatic N) is 1. The summed E-state index contributed by atoms with van der Waals surface area (Å²) in [4.78, 5) is 12.9. The zero-order valence-electron chi connectivity index (χ0n) is 14.3. The molecule has 0 saturated carbocycles. The zero-order chi connectivity index (χ0) is 17.8. The van der Waals surface area contributed by atoms with Crippen molar-refractivity contribution in [2.45, 2.75) is 17.7 Å². The summed E-state index contributed by atoms with van der Waals surface area (Å²) in [6.45, 7) is 1.86. The summed E-state index contributed by atoms with van der Waals surface area (Å²) in [7, 11) is 0.997. The molecule has 2 N–H and O–H groups in total. The van der Waals surface area contributed by atoms with Gasteiger partial charge >= 0.3 is 0 Å². The van der Waals surface area contributed by atoms with Crippen molar-refractivity contribution in [2.75, 3.05) is 46.2 Å². The summed E-state index contributed by atoms with van der Waals surface area (Å²) >= 11 is 0. The van der Waals surface area contributed by atoms with Gasteiger partial charge in [0.2, 0.25) is 15.9 Å². The fraction of sp³-hybridized carbons (Fsp3) is 0.562. The molecule has 7 nitrogen and oxygen atoms in total.